The average Bonchev–Trinajstić information content (AvgIpc) is 2.86. The van der Waals surface area contributed by atoms with Gasteiger partial charge in [0.05, 0.1) is 0 Å². The molecule has 4 rings (SSSR count). The fraction of sp³-hybridized carbons (Fsp3) is 0.933. The van der Waals surface area contributed by atoms with Crippen molar-refractivity contribution in [3.63, 3.8) is 0 Å². The van der Waals surface area contributed by atoms with Crippen LogP contribution >= 0.6 is 0 Å². The quantitative estimate of drug-likeness (QED) is 0.767. The fourth-order valence-electron chi connectivity index (χ4n) is 4.84. The summed E-state index contributed by atoms with van der Waals surface area (Å²) in [6, 6.07) is 0.578. The molecule has 0 aliphatic carbocycles. The van der Waals surface area contributed by atoms with Crippen LogP contribution in [0.3, 0.4) is 0 Å². The van der Waals surface area contributed by atoms with Crippen LogP contribution in [0.5, 0.6) is 0 Å². The second-order valence-electron chi connectivity index (χ2n) is 6.60. The molecule has 0 saturated carbocycles. The van der Waals surface area contributed by atoms with Gasteiger partial charge in [-0.1, -0.05) is 6.92 Å². The minimum atomic E-state index is -0.719. The monoisotopic (exact) mass is 281 g/mol. The van der Waals surface area contributed by atoms with Crippen molar-refractivity contribution < 1.29 is 9.90 Å². The molecule has 0 spiro atoms. The lowest BCUT2D eigenvalue weighted by molar-refractivity contribution is -0.140. The Kier molecular flexibility index (Phi) is 4.02. The van der Waals surface area contributed by atoms with Gasteiger partial charge in [-0.15, -0.1) is 0 Å². The van der Waals surface area contributed by atoms with Gasteiger partial charge in [-0.05, 0) is 57.8 Å². The van der Waals surface area contributed by atoms with E-state index >= 15 is 0 Å². The van der Waals surface area contributed by atoms with Crippen LogP contribution in [0.4, 0.5) is 0 Å². The van der Waals surface area contributed by atoms with Gasteiger partial charge in [0.2, 0.25) is 0 Å². The van der Waals surface area contributed by atoms with Crippen LogP contribution in [0.25, 0.3) is 0 Å². The molecule has 20 heavy (non-hydrogen) atoms. The summed E-state index contributed by atoms with van der Waals surface area (Å²) in [6.07, 6.45) is 3.42. The number of likely N-dealkylation sites (tertiary alicyclic amines) is 1. The van der Waals surface area contributed by atoms with Crippen LogP contribution in [0.15, 0.2) is 0 Å². The van der Waals surface area contributed by atoms with Crippen LogP contribution in [-0.2, 0) is 4.79 Å². The Hall–Kier alpha value is -0.650. The van der Waals surface area contributed by atoms with Crippen LogP contribution in [-0.4, -0.2) is 72.2 Å². The van der Waals surface area contributed by atoms with Gasteiger partial charge in [-0.3, -0.25) is 14.6 Å². The van der Waals surface area contributed by atoms with E-state index in [9.17, 15) is 9.90 Å². The third-order valence-electron chi connectivity index (χ3n) is 5.88. The highest BCUT2D eigenvalue weighted by atomic mass is 16.4. The Morgan fingerprint density at radius 1 is 1.40 bits per heavy atom. The Bertz CT molecular complexity index is 368. The summed E-state index contributed by atoms with van der Waals surface area (Å²) in [5, 5.41) is 12.3. The van der Waals surface area contributed by atoms with Gasteiger partial charge in [0.15, 0.2) is 0 Å². The Labute approximate surface area is 121 Å². The summed E-state index contributed by atoms with van der Waals surface area (Å²) < 4.78 is 0. The maximum Gasteiger partial charge on any atom is 0.320 e. The van der Waals surface area contributed by atoms with Gasteiger partial charge in [-0.25, -0.2) is 0 Å². The normalized spacial score (nSPS) is 41.6. The highest BCUT2D eigenvalue weighted by Crippen LogP contribution is 2.44. The summed E-state index contributed by atoms with van der Waals surface area (Å²) in [4.78, 5) is 16.5. The first-order chi connectivity index (χ1) is 9.65. The van der Waals surface area contributed by atoms with Gasteiger partial charge in [-0.2, -0.15) is 0 Å². The SMILES string of the molecule is CCN1CC2C3CCN(CC3)C2C1CC(NC)C(=O)O. The number of nitrogens with one attached hydrogen (secondary N) is 1. The second-order valence-corrected chi connectivity index (χ2v) is 6.60. The number of carboxylic acid groups (broad SMARTS) is 1. The van der Waals surface area contributed by atoms with Crippen molar-refractivity contribution in [3.05, 3.63) is 0 Å². The number of hydrogen-bond donors (Lipinski definition) is 2. The summed E-state index contributed by atoms with van der Waals surface area (Å²) in [6.45, 7) is 6.85. The summed E-state index contributed by atoms with van der Waals surface area (Å²) in [7, 11) is 1.76. The number of nitrogens with zero attached hydrogens (tertiary/aromatic N) is 2. The molecular formula is C15H27N3O2. The first-order valence-electron chi connectivity index (χ1n) is 8.03. The van der Waals surface area contributed by atoms with Crippen molar-refractivity contribution >= 4 is 5.97 Å². The molecule has 4 aliphatic rings. The Balaban J connectivity index is 1.78. The van der Waals surface area contributed by atoms with Crippen molar-refractivity contribution in [1.29, 1.82) is 0 Å². The maximum absolute atomic E-state index is 11.3. The van der Waals surface area contributed by atoms with E-state index in [2.05, 4.69) is 22.0 Å². The smallest absolute Gasteiger partial charge is 0.320 e. The fourth-order valence-corrected chi connectivity index (χ4v) is 4.84. The van der Waals surface area contributed by atoms with E-state index in [1.807, 2.05) is 0 Å². The summed E-state index contributed by atoms with van der Waals surface area (Å²) >= 11 is 0. The Morgan fingerprint density at radius 3 is 2.65 bits per heavy atom. The van der Waals surface area contributed by atoms with E-state index in [0.717, 1.165) is 24.8 Å². The van der Waals surface area contributed by atoms with Crippen molar-refractivity contribution in [2.75, 3.05) is 33.2 Å². The van der Waals surface area contributed by atoms with E-state index < -0.39 is 12.0 Å². The number of hydrogen-bond acceptors (Lipinski definition) is 4. The van der Waals surface area contributed by atoms with Crippen LogP contribution < -0.4 is 5.32 Å². The predicted molar refractivity (Wildman–Crippen MR) is 77.7 cm³/mol. The molecule has 4 fully saturated rings. The van der Waals surface area contributed by atoms with E-state index in [4.69, 9.17) is 0 Å². The van der Waals surface area contributed by atoms with Gasteiger partial charge in [0, 0.05) is 18.6 Å². The highest BCUT2D eigenvalue weighted by Gasteiger charge is 2.52. The van der Waals surface area contributed by atoms with Gasteiger partial charge in [0.1, 0.15) is 6.04 Å². The number of rotatable bonds is 5. The zero-order valence-electron chi connectivity index (χ0n) is 12.6. The van der Waals surface area contributed by atoms with Gasteiger partial charge >= 0.3 is 5.97 Å². The molecule has 5 nitrogen and oxygen atoms in total. The molecule has 0 aromatic heterocycles. The van der Waals surface area contributed by atoms with Crippen molar-refractivity contribution in [3.8, 4) is 0 Å². The molecule has 4 aliphatic heterocycles. The number of aliphatic carboxylic acids is 1. The average molecular weight is 281 g/mol. The molecule has 2 N–H and O–H groups in total. The lowest BCUT2D eigenvalue weighted by Gasteiger charge is -2.49. The molecule has 4 atom stereocenters. The number of fused-ring (bicyclic) bond motifs is 2. The minimum Gasteiger partial charge on any atom is -0.480 e. The largest absolute Gasteiger partial charge is 0.480 e. The number of piperidine rings is 3. The molecule has 0 aromatic rings. The summed E-state index contributed by atoms with van der Waals surface area (Å²) in [5.41, 5.74) is 0. The lowest BCUT2D eigenvalue weighted by atomic mass is 9.73. The number of carboxylic acids is 1. The molecule has 0 aromatic carbocycles. The lowest BCUT2D eigenvalue weighted by Crippen LogP contribution is -2.58. The minimum absolute atomic E-state index is 0.404. The van der Waals surface area contributed by atoms with Crippen molar-refractivity contribution in [2.24, 2.45) is 11.8 Å². The molecule has 2 bridgehead atoms. The van der Waals surface area contributed by atoms with Crippen molar-refractivity contribution in [2.45, 2.75) is 44.3 Å². The van der Waals surface area contributed by atoms with Crippen LogP contribution in [0.2, 0.25) is 0 Å². The van der Waals surface area contributed by atoms with Crippen LogP contribution in [0, 0.1) is 11.8 Å². The van der Waals surface area contributed by atoms with Crippen LogP contribution in [0.1, 0.15) is 26.2 Å². The standard InChI is InChI=1S/C15H27N3O2/c1-3-17-9-11-10-4-6-18(7-5-10)14(11)13(17)8-12(16-2)15(19)20/h10-14,16H,3-9H2,1-2H3,(H,19,20). The molecule has 0 amide bonds. The zero-order chi connectivity index (χ0) is 14.3. The molecule has 4 heterocycles. The zero-order valence-corrected chi connectivity index (χ0v) is 12.6. The molecule has 114 valence electrons. The molecule has 4 saturated heterocycles. The van der Waals surface area contributed by atoms with E-state index in [1.165, 1.54) is 32.5 Å². The molecule has 4 unspecified atom stereocenters. The third-order valence-corrected chi connectivity index (χ3v) is 5.88. The maximum atomic E-state index is 11.3. The van der Waals surface area contributed by atoms with E-state index in [-0.39, 0.29) is 0 Å². The first-order valence-corrected chi connectivity index (χ1v) is 8.03. The summed E-state index contributed by atoms with van der Waals surface area (Å²) in [5.74, 6) is 0.929. The second kappa shape index (κ2) is 5.62. The van der Waals surface area contributed by atoms with Gasteiger partial charge < -0.3 is 10.4 Å². The number of carbonyl (C=O) groups is 1. The van der Waals surface area contributed by atoms with Gasteiger partial charge in [0.25, 0.3) is 0 Å². The topological polar surface area (TPSA) is 55.8 Å². The van der Waals surface area contributed by atoms with E-state index in [1.54, 1.807) is 7.05 Å². The highest BCUT2D eigenvalue weighted by molar-refractivity contribution is 5.73. The first kappa shape index (κ1) is 14.3. The van der Waals surface area contributed by atoms with E-state index in [0.29, 0.717) is 12.1 Å². The third kappa shape index (κ3) is 2.26. The predicted octanol–water partition coefficient (Wildman–Crippen LogP) is 0.464. The molecular weight excluding hydrogens is 254 g/mol. The van der Waals surface area contributed by atoms with Crippen molar-refractivity contribution in [1.82, 2.24) is 15.1 Å². The Morgan fingerprint density at radius 2 is 2.10 bits per heavy atom. The molecule has 0 radical (unpaired) electrons. The molecule has 5 heteroatoms. The number of likely N-dealkylation sites (N-methyl/N-ethyl adjacent to an activating group) is 2.